The maximum absolute atomic E-state index is 11.9. The summed E-state index contributed by atoms with van der Waals surface area (Å²) < 4.78 is 36.9. The van der Waals surface area contributed by atoms with Crippen molar-refractivity contribution >= 4 is 12.1 Å². The average Bonchev–Trinajstić information content (AvgIpc) is 2.84. The van der Waals surface area contributed by atoms with E-state index in [1.54, 1.807) is 7.05 Å². The molecule has 0 aliphatic rings. The zero-order valence-corrected chi connectivity index (χ0v) is 19.9. The molecule has 1 rings (SSSR count). The summed E-state index contributed by atoms with van der Waals surface area (Å²) in [4.78, 5) is 23.6. The van der Waals surface area contributed by atoms with Crippen molar-refractivity contribution in [1.29, 1.82) is 0 Å². The molecule has 0 aromatic heterocycles. The van der Waals surface area contributed by atoms with Gasteiger partial charge in [0.2, 0.25) is 0 Å². The van der Waals surface area contributed by atoms with Crippen molar-refractivity contribution in [1.82, 2.24) is 4.90 Å². The van der Waals surface area contributed by atoms with Gasteiger partial charge in [-0.25, -0.2) is 9.59 Å². The van der Waals surface area contributed by atoms with E-state index in [9.17, 15) is 9.59 Å². The third kappa shape index (κ3) is 18.2. The van der Waals surface area contributed by atoms with Crippen LogP contribution in [0, 0.1) is 0 Å². The van der Waals surface area contributed by atoms with Crippen molar-refractivity contribution in [3.63, 3.8) is 0 Å². The Hall–Kier alpha value is -2.28. The number of carbonyl (C=O) groups excluding carboxylic acids is 1. The monoisotopic (exact) mass is 487 g/mol. The van der Waals surface area contributed by atoms with Crippen LogP contribution in [0.1, 0.15) is 5.56 Å². The molecule has 0 spiro atoms. The summed E-state index contributed by atoms with van der Waals surface area (Å²) in [5, 5.41) is 8.40. The van der Waals surface area contributed by atoms with Gasteiger partial charge in [0.1, 0.15) is 13.2 Å². The molecule has 0 aliphatic heterocycles. The van der Waals surface area contributed by atoms with Crippen molar-refractivity contribution in [3.05, 3.63) is 35.9 Å². The Morgan fingerprint density at radius 3 is 1.62 bits per heavy atom. The van der Waals surface area contributed by atoms with Gasteiger partial charge in [0, 0.05) is 13.6 Å². The molecule has 1 aromatic carbocycles. The van der Waals surface area contributed by atoms with E-state index in [4.69, 9.17) is 38.3 Å². The van der Waals surface area contributed by atoms with Gasteiger partial charge in [-0.3, -0.25) is 0 Å². The van der Waals surface area contributed by atoms with Crippen molar-refractivity contribution in [3.8, 4) is 0 Å². The van der Waals surface area contributed by atoms with Crippen LogP contribution in [0.15, 0.2) is 30.3 Å². The number of likely N-dealkylation sites (N-methyl/N-ethyl adjacent to an activating group) is 1. The molecule has 11 nitrogen and oxygen atoms in total. The van der Waals surface area contributed by atoms with Crippen LogP contribution in [0.4, 0.5) is 4.79 Å². The summed E-state index contributed by atoms with van der Waals surface area (Å²) in [6.45, 7) is 4.82. The van der Waals surface area contributed by atoms with E-state index in [0.29, 0.717) is 72.6 Å². The van der Waals surface area contributed by atoms with Crippen LogP contribution >= 0.6 is 0 Å². The molecule has 0 heterocycles. The summed E-state index contributed by atoms with van der Waals surface area (Å²) in [7, 11) is 1.67. The number of benzene rings is 1. The second-order valence-electron chi connectivity index (χ2n) is 6.97. The van der Waals surface area contributed by atoms with Gasteiger partial charge in [0.15, 0.2) is 0 Å². The number of carboxylic acids is 1. The van der Waals surface area contributed by atoms with Gasteiger partial charge >= 0.3 is 12.1 Å². The fourth-order valence-electron chi connectivity index (χ4n) is 2.38. The van der Waals surface area contributed by atoms with Gasteiger partial charge < -0.3 is 43.2 Å². The molecule has 0 unspecified atom stereocenters. The first kappa shape index (κ1) is 29.8. The standard InChI is InChI=1S/C23H37NO10/c1-24(23(27)34-19-21-5-3-2-4-6-21)7-8-28-9-10-29-11-12-30-13-14-31-15-16-32-17-18-33-20-22(25)26/h2-6H,7-20H2,1H3,(H,25,26). The maximum atomic E-state index is 11.9. The number of carboxylic acid groups (broad SMARTS) is 1. The molecule has 194 valence electrons. The Kier molecular flexibility index (Phi) is 18.6. The molecular weight excluding hydrogens is 450 g/mol. The normalized spacial score (nSPS) is 10.9. The second-order valence-corrected chi connectivity index (χ2v) is 6.97. The van der Waals surface area contributed by atoms with Crippen molar-refractivity contribution in [2.45, 2.75) is 6.61 Å². The molecular formula is C23H37NO10. The Balaban J connectivity index is 1.77. The largest absolute Gasteiger partial charge is 0.480 e. The average molecular weight is 488 g/mol. The topological polar surface area (TPSA) is 122 Å². The molecule has 0 aliphatic carbocycles. The molecule has 0 fully saturated rings. The van der Waals surface area contributed by atoms with E-state index in [-0.39, 0.29) is 25.9 Å². The van der Waals surface area contributed by atoms with Crippen LogP contribution in [0.5, 0.6) is 0 Å². The Morgan fingerprint density at radius 1 is 0.706 bits per heavy atom. The van der Waals surface area contributed by atoms with E-state index < -0.39 is 5.97 Å². The minimum absolute atomic E-state index is 0.237. The maximum Gasteiger partial charge on any atom is 0.409 e. The number of hydrogen-bond acceptors (Lipinski definition) is 9. The quantitative estimate of drug-likeness (QED) is 0.240. The van der Waals surface area contributed by atoms with Crippen molar-refractivity contribution in [2.24, 2.45) is 0 Å². The second kappa shape index (κ2) is 21.3. The molecule has 1 N–H and O–H groups in total. The first-order valence-electron chi connectivity index (χ1n) is 11.2. The molecule has 0 radical (unpaired) electrons. The van der Waals surface area contributed by atoms with E-state index in [2.05, 4.69) is 0 Å². The summed E-state index contributed by atoms with van der Waals surface area (Å²) in [6.07, 6.45) is -0.389. The van der Waals surface area contributed by atoms with Crippen LogP contribution in [0.3, 0.4) is 0 Å². The summed E-state index contributed by atoms with van der Waals surface area (Å²) >= 11 is 0. The van der Waals surface area contributed by atoms with Gasteiger partial charge in [-0.2, -0.15) is 0 Å². The van der Waals surface area contributed by atoms with Crippen LogP contribution < -0.4 is 0 Å². The SMILES string of the molecule is CN(CCOCCOCCOCCOCCOCCOCC(=O)O)C(=O)OCc1ccccc1. The molecule has 0 atom stereocenters. The van der Waals surface area contributed by atoms with Crippen LogP contribution in [-0.2, 0) is 44.6 Å². The van der Waals surface area contributed by atoms with Gasteiger partial charge in [-0.1, -0.05) is 30.3 Å². The zero-order chi connectivity index (χ0) is 24.7. The molecule has 34 heavy (non-hydrogen) atoms. The number of hydrogen-bond donors (Lipinski definition) is 1. The zero-order valence-electron chi connectivity index (χ0n) is 19.9. The predicted octanol–water partition coefficient (Wildman–Crippen LogP) is 1.44. The van der Waals surface area contributed by atoms with E-state index in [1.165, 1.54) is 4.90 Å². The minimum Gasteiger partial charge on any atom is -0.480 e. The first-order valence-corrected chi connectivity index (χ1v) is 11.2. The lowest BCUT2D eigenvalue weighted by molar-refractivity contribution is -0.142. The lowest BCUT2D eigenvalue weighted by Crippen LogP contribution is -2.31. The molecule has 0 saturated heterocycles. The van der Waals surface area contributed by atoms with Crippen LogP contribution in [0.2, 0.25) is 0 Å². The van der Waals surface area contributed by atoms with E-state index in [0.717, 1.165) is 5.56 Å². The molecule has 0 bridgehead atoms. The third-order valence-corrected chi connectivity index (χ3v) is 4.17. The number of rotatable bonds is 22. The van der Waals surface area contributed by atoms with Crippen LogP contribution in [0.25, 0.3) is 0 Å². The highest BCUT2D eigenvalue weighted by Gasteiger charge is 2.09. The number of amides is 1. The van der Waals surface area contributed by atoms with Gasteiger partial charge in [-0.05, 0) is 5.56 Å². The van der Waals surface area contributed by atoms with Crippen molar-refractivity contribution in [2.75, 3.05) is 92.9 Å². The molecule has 1 aromatic rings. The lowest BCUT2D eigenvalue weighted by atomic mass is 10.2. The number of aliphatic carboxylic acids is 1. The summed E-state index contributed by atoms with van der Waals surface area (Å²) in [6, 6.07) is 9.52. The fourth-order valence-corrected chi connectivity index (χ4v) is 2.38. The smallest absolute Gasteiger partial charge is 0.409 e. The number of ether oxygens (including phenoxy) is 7. The van der Waals surface area contributed by atoms with E-state index in [1.807, 2.05) is 30.3 Å². The van der Waals surface area contributed by atoms with E-state index >= 15 is 0 Å². The fraction of sp³-hybridized carbons (Fsp3) is 0.652. The lowest BCUT2D eigenvalue weighted by Gasteiger charge is -2.17. The van der Waals surface area contributed by atoms with Gasteiger partial charge in [0.05, 0.1) is 72.7 Å². The minimum atomic E-state index is -0.999. The predicted molar refractivity (Wildman–Crippen MR) is 122 cm³/mol. The Labute approximate surface area is 200 Å². The highest BCUT2D eigenvalue weighted by molar-refractivity contribution is 5.68. The van der Waals surface area contributed by atoms with Crippen LogP contribution in [-0.4, -0.2) is 115 Å². The number of nitrogens with zero attached hydrogens (tertiary/aromatic N) is 1. The van der Waals surface area contributed by atoms with Gasteiger partial charge in [0.25, 0.3) is 0 Å². The first-order chi connectivity index (χ1) is 16.6. The third-order valence-electron chi connectivity index (χ3n) is 4.17. The Bertz CT molecular complexity index is 631. The highest BCUT2D eigenvalue weighted by Crippen LogP contribution is 2.02. The molecule has 11 heteroatoms. The summed E-state index contributed by atoms with van der Waals surface area (Å²) in [5.41, 5.74) is 0.943. The molecule has 0 saturated carbocycles. The number of carbonyl (C=O) groups is 2. The molecule has 1 amide bonds. The summed E-state index contributed by atoms with van der Waals surface area (Å²) in [5.74, 6) is -0.999. The van der Waals surface area contributed by atoms with Crippen molar-refractivity contribution < 1.29 is 47.9 Å². The highest BCUT2D eigenvalue weighted by atomic mass is 16.6. The Morgan fingerprint density at radius 2 is 1.15 bits per heavy atom. The van der Waals surface area contributed by atoms with Gasteiger partial charge in [-0.15, -0.1) is 0 Å².